The van der Waals surface area contributed by atoms with Crippen LogP contribution in [-0.2, 0) is 0 Å². The lowest BCUT2D eigenvalue weighted by molar-refractivity contribution is 0.424. The summed E-state index contributed by atoms with van der Waals surface area (Å²) in [4.78, 5) is 32.1. The lowest BCUT2D eigenvalue weighted by Crippen LogP contribution is -2.45. The molecule has 0 amide bonds. The van der Waals surface area contributed by atoms with Crippen molar-refractivity contribution in [2.24, 2.45) is 0 Å². The van der Waals surface area contributed by atoms with Gasteiger partial charge in [-0.15, -0.1) is 0 Å². The third-order valence-corrected chi connectivity index (χ3v) is 6.81. The number of hydrogen-bond acceptors (Lipinski definition) is 7. The summed E-state index contributed by atoms with van der Waals surface area (Å²) in [5.74, 6) is 1.04. The van der Waals surface area contributed by atoms with Gasteiger partial charge in [0.1, 0.15) is 23.6 Å². The molecule has 1 aliphatic heterocycles. The van der Waals surface area contributed by atoms with Gasteiger partial charge in [-0.3, -0.25) is 9.36 Å². The SMILES string of the molecule is Nc1ccc(-c2c[nH]c3ncnc(N4CC[C@H]4c4nn5ccc(F)c5c(=O)n4-c4ccccc4)c23)cn1.S. The number of nitrogens with zero attached hydrogens (tertiary/aromatic N) is 7. The Morgan fingerprint density at radius 3 is 2.63 bits per heavy atom. The lowest BCUT2D eigenvalue weighted by Gasteiger charge is -2.42. The number of hydrogen-bond donors (Lipinski definition) is 2. The first-order valence-corrected chi connectivity index (χ1v) is 11.8. The second kappa shape index (κ2) is 8.99. The number of nitrogens with one attached hydrogen (secondary N) is 1. The van der Waals surface area contributed by atoms with Crippen LogP contribution < -0.4 is 16.2 Å². The predicted molar refractivity (Wildman–Crippen MR) is 147 cm³/mol. The van der Waals surface area contributed by atoms with Gasteiger partial charge in [0.15, 0.2) is 17.2 Å². The van der Waals surface area contributed by atoms with Crippen LogP contribution in [0, 0.1) is 5.82 Å². The maximum atomic E-state index is 14.5. The molecule has 12 heteroatoms. The first-order chi connectivity index (χ1) is 18.1. The second-order valence-electron chi connectivity index (χ2n) is 8.88. The molecule has 7 rings (SSSR count). The van der Waals surface area contributed by atoms with E-state index in [2.05, 4.69) is 24.8 Å². The van der Waals surface area contributed by atoms with Gasteiger partial charge in [-0.2, -0.15) is 18.6 Å². The number of para-hydroxylation sites is 1. The molecule has 6 aromatic rings. The molecule has 0 aliphatic carbocycles. The highest BCUT2D eigenvalue weighted by molar-refractivity contribution is 7.59. The Balaban J connectivity index is 0.00000264. The molecule has 10 nitrogen and oxygen atoms in total. The molecule has 0 unspecified atom stereocenters. The van der Waals surface area contributed by atoms with Crippen LogP contribution in [0.15, 0.2) is 78.2 Å². The third kappa shape index (κ3) is 3.52. The van der Waals surface area contributed by atoms with Crippen LogP contribution in [0.5, 0.6) is 0 Å². The molecule has 3 N–H and O–H groups in total. The van der Waals surface area contributed by atoms with E-state index < -0.39 is 11.4 Å². The van der Waals surface area contributed by atoms with Crippen LogP contribution in [-0.4, -0.2) is 40.7 Å². The van der Waals surface area contributed by atoms with Crippen molar-refractivity contribution >= 4 is 41.7 Å². The largest absolute Gasteiger partial charge is 0.384 e. The molecule has 190 valence electrons. The van der Waals surface area contributed by atoms with Crippen molar-refractivity contribution in [1.82, 2.24) is 34.1 Å². The molecule has 1 atom stereocenters. The van der Waals surface area contributed by atoms with E-state index in [-0.39, 0.29) is 25.1 Å². The van der Waals surface area contributed by atoms with Gasteiger partial charge < -0.3 is 15.6 Å². The highest BCUT2D eigenvalue weighted by Gasteiger charge is 2.37. The number of benzene rings is 1. The Morgan fingerprint density at radius 2 is 1.89 bits per heavy atom. The zero-order chi connectivity index (χ0) is 25.1. The second-order valence-corrected chi connectivity index (χ2v) is 8.88. The summed E-state index contributed by atoms with van der Waals surface area (Å²) in [5.41, 5.74) is 8.29. The number of halogens is 1. The molecule has 1 fully saturated rings. The molecule has 6 heterocycles. The number of aromatic amines is 1. The summed E-state index contributed by atoms with van der Waals surface area (Å²) in [6.45, 7) is 0.699. The van der Waals surface area contributed by atoms with Crippen molar-refractivity contribution in [1.29, 1.82) is 0 Å². The van der Waals surface area contributed by atoms with E-state index in [4.69, 9.17) is 10.8 Å². The van der Waals surface area contributed by atoms with Gasteiger partial charge in [0, 0.05) is 36.3 Å². The van der Waals surface area contributed by atoms with Crippen LogP contribution in [0.3, 0.4) is 0 Å². The molecule has 0 radical (unpaired) electrons. The highest BCUT2D eigenvalue weighted by atomic mass is 32.1. The smallest absolute Gasteiger partial charge is 0.285 e. The Morgan fingerprint density at radius 1 is 1.05 bits per heavy atom. The van der Waals surface area contributed by atoms with E-state index in [1.54, 1.807) is 12.3 Å². The lowest BCUT2D eigenvalue weighted by atomic mass is 10.00. The number of nitrogen functional groups attached to an aromatic ring is 1. The molecule has 38 heavy (non-hydrogen) atoms. The number of H-pyrrole nitrogens is 1. The minimum absolute atomic E-state index is 0. The maximum absolute atomic E-state index is 14.5. The van der Waals surface area contributed by atoms with Crippen LogP contribution in [0.4, 0.5) is 16.0 Å². The van der Waals surface area contributed by atoms with E-state index in [0.29, 0.717) is 35.3 Å². The minimum atomic E-state index is -0.606. The van der Waals surface area contributed by atoms with Crippen LogP contribution in [0.25, 0.3) is 33.4 Å². The number of rotatable bonds is 4. The summed E-state index contributed by atoms with van der Waals surface area (Å²) in [5, 5.41) is 5.55. The Kier molecular flexibility index (Phi) is 5.60. The summed E-state index contributed by atoms with van der Waals surface area (Å²) in [7, 11) is 0. The normalized spacial score (nSPS) is 15.0. The fourth-order valence-electron chi connectivity index (χ4n) is 4.96. The van der Waals surface area contributed by atoms with Gasteiger partial charge in [-0.05, 0) is 36.8 Å². The van der Waals surface area contributed by atoms with Gasteiger partial charge in [0.2, 0.25) is 0 Å². The fraction of sp³-hybridized carbons (Fsp3) is 0.115. The van der Waals surface area contributed by atoms with Crippen molar-refractivity contribution in [2.45, 2.75) is 12.5 Å². The molecule has 5 aromatic heterocycles. The van der Waals surface area contributed by atoms with Crippen LogP contribution in [0.2, 0.25) is 0 Å². The molecule has 1 aromatic carbocycles. The molecule has 0 saturated carbocycles. The van der Waals surface area contributed by atoms with E-state index in [1.807, 2.05) is 42.6 Å². The highest BCUT2D eigenvalue weighted by Crippen LogP contribution is 2.41. The Hall–Kier alpha value is -4.71. The average molecular weight is 528 g/mol. The summed E-state index contributed by atoms with van der Waals surface area (Å²) in [6.07, 6.45) is 7.30. The van der Waals surface area contributed by atoms with E-state index in [0.717, 1.165) is 22.9 Å². The maximum Gasteiger partial charge on any atom is 0.285 e. The third-order valence-electron chi connectivity index (χ3n) is 6.81. The molecular formula is C26H22FN9OS. The van der Waals surface area contributed by atoms with Crippen LogP contribution >= 0.6 is 13.5 Å². The van der Waals surface area contributed by atoms with E-state index in [9.17, 15) is 9.18 Å². The summed E-state index contributed by atoms with van der Waals surface area (Å²) < 4.78 is 17.3. The summed E-state index contributed by atoms with van der Waals surface area (Å²) in [6, 6.07) is 13.8. The first kappa shape index (κ1) is 23.7. The van der Waals surface area contributed by atoms with Gasteiger partial charge in [-0.1, -0.05) is 18.2 Å². The van der Waals surface area contributed by atoms with E-state index in [1.165, 1.54) is 27.7 Å². The van der Waals surface area contributed by atoms with Crippen molar-refractivity contribution in [2.75, 3.05) is 17.2 Å². The number of aromatic nitrogens is 7. The van der Waals surface area contributed by atoms with Crippen LogP contribution in [0.1, 0.15) is 18.3 Å². The standard InChI is InChI=1S/C26H20FN9O.H2S/c27-18-8-11-35-22(18)26(37)36(16-4-2-1-3-5-16)24(33-35)19-9-10-34(19)25-21-17(13-30-23(21)31-14-32-25)15-6-7-20(28)29-12-15;/h1-8,11-14,19H,9-10H2,(H2,28,29)(H,30,31,32);1H2/t19-;/m0./s1. The number of anilines is 2. The van der Waals surface area contributed by atoms with Gasteiger partial charge in [0.05, 0.1) is 17.1 Å². The quantitative estimate of drug-likeness (QED) is 0.359. The average Bonchev–Trinajstić information content (AvgIpc) is 3.49. The first-order valence-electron chi connectivity index (χ1n) is 11.8. The van der Waals surface area contributed by atoms with Crippen molar-refractivity contribution in [3.8, 4) is 16.8 Å². The Labute approximate surface area is 222 Å². The molecule has 1 aliphatic rings. The topological polar surface area (TPSA) is 123 Å². The monoisotopic (exact) mass is 527 g/mol. The number of nitrogens with two attached hydrogens (primary N) is 1. The van der Waals surface area contributed by atoms with Crippen molar-refractivity contribution in [3.05, 3.63) is 95.4 Å². The predicted octanol–water partition coefficient (Wildman–Crippen LogP) is 3.60. The zero-order valence-corrected chi connectivity index (χ0v) is 20.9. The van der Waals surface area contributed by atoms with E-state index >= 15 is 0 Å². The van der Waals surface area contributed by atoms with Crippen molar-refractivity contribution < 1.29 is 4.39 Å². The molecule has 0 bridgehead atoms. The number of fused-ring (bicyclic) bond motifs is 2. The molecule has 1 saturated heterocycles. The number of pyridine rings is 1. The summed E-state index contributed by atoms with van der Waals surface area (Å²) >= 11 is 0. The van der Waals surface area contributed by atoms with Gasteiger partial charge in [0.25, 0.3) is 5.56 Å². The molecular weight excluding hydrogens is 505 g/mol. The molecule has 0 spiro atoms. The zero-order valence-electron chi connectivity index (χ0n) is 19.9. The Bertz CT molecular complexity index is 1850. The minimum Gasteiger partial charge on any atom is -0.384 e. The fourth-order valence-corrected chi connectivity index (χ4v) is 4.96. The van der Waals surface area contributed by atoms with Crippen molar-refractivity contribution in [3.63, 3.8) is 0 Å². The van der Waals surface area contributed by atoms with Gasteiger partial charge in [-0.25, -0.2) is 23.9 Å². The van der Waals surface area contributed by atoms with Gasteiger partial charge >= 0.3 is 0 Å².